The topological polar surface area (TPSA) is 212 Å². The minimum absolute atomic E-state index is 0.0561. The lowest BCUT2D eigenvalue weighted by molar-refractivity contribution is -0.248. The lowest BCUT2D eigenvalue weighted by atomic mass is 9.72. The van der Waals surface area contributed by atoms with E-state index in [9.17, 15) is 43.6 Å². The molecule has 0 bridgehead atoms. The number of hydrogen-bond donors (Lipinski definition) is 5. The molecule has 14 heteroatoms. The maximum atomic E-state index is 13.7. The van der Waals surface area contributed by atoms with Crippen molar-refractivity contribution in [2.45, 2.75) is 69.4 Å². The zero-order chi connectivity index (χ0) is 30.0. The Balaban J connectivity index is 1.64. The summed E-state index contributed by atoms with van der Waals surface area (Å²) < 4.78 is 41.7. The zero-order valence-electron chi connectivity index (χ0n) is 22.2. The summed E-state index contributed by atoms with van der Waals surface area (Å²) in [5.41, 5.74) is -3.51. The number of nitrogens with one attached hydrogen (secondary N) is 1. The van der Waals surface area contributed by atoms with Gasteiger partial charge in [0.2, 0.25) is 5.78 Å². The van der Waals surface area contributed by atoms with Gasteiger partial charge in [-0.3, -0.25) is 18.6 Å². The molecule has 13 nitrogen and oxygen atoms in total. The number of phenols is 2. The molecule has 1 heterocycles. The van der Waals surface area contributed by atoms with Gasteiger partial charge in [-0.05, 0) is 19.9 Å². The number of hydrogen-bond acceptors (Lipinski definition) is 12. The Morgan fingerprint density at radius 1 is 1.17 bits per heavy atom. The van der Waals surface area contributed by atoms with Crippen LogP contribution in [0.25, 0.3) is 0 Å². The number of aliphatic hydroxyl groups excluding tert-OH is 1. The van der Waals surface area contributed by atoms with Gasteiger partial charge in [-0.15, -0.1) is 0 Å². The number of carbonyl (C=O) groups excluding carboxylic acids is 3. The van der Waals surface area contributed by atoms with E-state index in [0.717, 1.165) is 6.92 Å². The van der Waals surface area contributed by atoms with Crippen molar-refractivity contribution in [3.63, 3.8) is 0 Å². The van der Waals surface area contributed by atoms with Crippen LogP contribution in [0.2, 0.25) is 0 Å². The number of rotatable bonds is 6. The van der Waals surface area contributed by atoms with Gasteiger partial charge >= 0.3 is 0 Å². The predicted molar refractivity (Wildman–Crippen MR) is 138 cm³/mol. The van der Waals surface area contributed by atoms with E-state index >= 15 is 0 Å². The molecule has 0 radical (unpaired) electrons. The highest BCUT2D eigenvalue weighted by molar-refractivity contribution is 7.77. The molecule has 41 heavy (non-hydrogen) atoms. The Bertz CT molecular complexity index is 1490. The van der Waals surface area contributed by atoms with E-state index in [4.69, 9.17) is 14.2 Å². The number of Topliss-reactive ketones (excluding diaryl/α,β-unsaturated/α-hetero) is 1. The molecule has 220 valence electrons. The first-order chi connectivity index (χ1) is 19.3. The average molecular weight is 591 g/mol. The molecule has 1 fully saturated rings. The second kappa shape index (κ2) is 10.5. The number of benzene rings is 2. The molecule has 1 aliphatic heterocycles. The smallest absolute Gasteiger partial charge is 0.202 e. The third kappa shape index (κ3) is 4.74. The van der Waals surface area contributed by atoms with Crippen LogP contribution in [0.1, 0.15) is 75.8 Å². The molecule has 0 saturated carbocycles. The normalized spacial score (nSPS) is 29.8. The second-order valence-corrected chi connectivity index (χ2v) is 11.1. The molecule has 5 rings (SSSR count). The molecule has 0 spiro atoms. The van der Waals surface area contributed by atoms with Gasteiger partial charge in [0.1, 0.15) is 22.8 Å². The van der Waals surface area contributed by atoms with E-state index in [-0.39, 0.29) is 34.4 Å². The Hall–Kier alpha value is -3.24. The molecule has 2 aromatic carbocycles. The highest BCUT2D eigenvalue weighted by Crippen LogP contribution is 2.52. The zero-order valence-corrected chi connectivity index (χ0v) is 23.0. The largest absolute Gasteiger partial charge is 0.760 e. The fourth-order valence-electron chi connectivity index (χ4n) is 5.86. The van der Waals surface area contributed by atoms with Crippen molar-refractivity contribution < 1.29 is 57.8 Å². The highest BCUT2D eigenvalue weighted by atomic mass is 32.2. The van der Waals surface area contributed by atoms with Gasteiger partial charge in [0, 0.05) is 47.2 Å². The molecule has 3 aliphatic rings. The molecule has 0 amide bonds. The quantitative estimate of drug-likeness (QED) is 0.196. The molecule has 7 atom stereocenters. The standard InChI is InChI=1S/C27H29NO12S/c1-10-22(30)14(28-41(36)37)7-17(39-10)40-16-9-27(35,11(2)29)8-13-19(16)26(34)21-20(24(13)32)23(31)12-5-4-6-15(38-3)18(12)25(21)33/h4-6,10,14,16-17,22,28,30,32,34-35H,7-9H2,1-3H3,(H,36,37)/p-1/t10?,14?,16-,17?,22?,27-/m0/s1. The second-order valence-electron chi connectivity index (χ2n) is 10.4. The third-order valence-corrected chi connectivity index (χ3v) is 8.50. The van der Waals surface area contributed by atoms with Gasteiger partial charge in [0.15, 0.2) is 17.9 Å². The molecule has 5 unspecified atom stereocenters. The Kier molecular flexibility index (Phi) is 7.53. The summed E-state index contributed by atoms with van der Waals surface area (Å²) >= 11 is -2.72. The van der Waals surface area contributed by atoms with Crippen molar-refractivity contribution in [1.82, 2.24) is 4.72 Å². The summed E-state index contributed by atoms with van der Waals surface area (Å²) in [7, 11) is 1.31. The summed E-state index contributed by atoms with van der Waals surface area (Å²) in [6, 6.07) is 3.34. The van der Waals surface area contributed by atoms with Gasteiger partial charge in [-0.25, -0.2) is 4.72 Å². The summed E-state index contributed by atoms with van der Waals surface area (Å²) in [4.78, 5) is 39.8. The Morgan fingerprint density at radius 3 is 2.49 bits per heavy atom. The van der Waals surface area contributed by atoms with E-state index in [1.165, 1.54) is 32.2 Å². The Morgan fingerprint density at radius 2 is 1.85 bits per heavy atom. The number of phenolic OH excluding ortho intramolecular Hbond substituents is 2. The van der Waals surface area contributed by atoms with Crippen molar-refractivity contribution in [2.75, 3.05) is 7.11 Å². The summed E-state index contributed by atoms with van der Waals surface area (Å²) in [5.74, 6) is -3.53. The lowest BCUT2D eigenvalue weighted by Gasteiger charge is -2.43. The average Bonchev–Trinajstić information content (AvgIpc) is 2.91. The number of carbonyl (C=O) groups is 3. The van der Waals surface area contributed by atoms with Crippen LogP contribution in [0, 0.1) is 0 Å². The first kappa shape index (κ1) is 29.3. The van der Waals surface area contributed by atoms with Crippen LogP contribution >= 0.6 is 0 Å². The van der Waals surface area contributed by atoms with E-state index in [1.54, 1.807) is 0 Å². The number of ketones is 3. The molecular weight excluding hydrogens is 562 g/mol. The molecule has 0 aromatic heterocycles. The van der Waals surface area contributed by atoms with Crippen molar-refractivity contribution in [1.29, 1.82) is 0 Å². The van der Waals surface area contributed by atoms with Crippen LogP contribution < -0.4 is 9.46 Å². The van der Waals surface area contributed by atoms with Gasteiger partial charge in [0.05, 0.1) is 48.2 Å². The van der Waals surface area contributed by atoms with E-state index in [0.29, 0.717) is 0 Å². The number of ether oxygens (including phenoxy) is 3. The van der Waals surface area contributed by atoms with Crippen LogP contribution in [0.4, 0.5) is 0 Å². The van der Waals surface area contributed by atoms with Crippen LogP contribution in [0.15, 0.2) is 18.2 Å². The molecule has 2 aliphatic carbocycles. The molecule has 1 saturated heterocycles. The predicted octanol–water partition coefficient (Wildman–Crippen LogP) is 0.454. The van der Waals surface area contributed by atoms with Gasteiger partial charge < -0.3 is 39.2 Å². The number of methoxy groups -OCH3 is 1. The fraction of sp³-hybridized carbons (Fsp3) is 0.444. The van der Waals surface area contributed by atoms with Crippen LogP contribution in [-0.4, -0.2) is 83.8 Å². The van der Waals surface area contributed by atoms with E-state index in [2.05, 4.69) is 4.72 Å². The number of fused-ring (bicyclic) bond motifs is 3. The minimum atomic E-state index is -2.72. The lowest BCUT2D eigenvalue weighted by Crippen LogP contribution is -2.54. The summed E-state index contributed by atoms with van der Waals surface area (Å²) in [5, 5.41) is 44.5. The van der Waals surface area contributed by atoms with E-state index < -0.39 is 100 Å². The van der Waals surface area contributed by atoms with Crippen LogP contribution in [0.3, 0.4) is 0 Å². The summed E-state index contributed by atoms with van der Waals surface area (Å²) in [6.45, 7) is 2.62. The van der Waals surface area contributed by atoms with Crippen molar-refractivity contribution in [2.24, 2.45) is 0 Å². The van der Waals surface area contributed by atoms with E-state index in [1.807, 2.05) is 0 Å². The maximum absolute atomic E-state index is 13.7. The van der Waals surface area contributed by atoms with Gasteiger partial charge in [-0.2, -0.15) is 0 Å². The van der Waals surface area contributed by atoms with Gasteiger partial charge in [0.25, 0.3) is 0 Å². The monoisotopic (exact) mass is 590 g/mol. The molecule has 2 aromatic rings. The van der Waals surface area contributed by atoms with Gasteiger partial charge in [-0.1, -0.05) is 12.1 Å². The first-order valence-corrected chi connectivity index (χ1v) is 13.8. The van der Waals surface area contributed by atoms with Crippen LogP contribution in [0.5, 0.6) is 17.2 Å². The highest BCUT2D eigenvalue weighted by Gasteiger charge is 2.49. The number of aliphatic hydroxyl groups is 2. The Labute approximate surface area is 236 Å². The fourth-order valence-corrected chi connectivity index (χ4v) is 6.35. The maximum Gasteiger partial charge on any atom is 0.202 e. The SMILES string of the molecule is COc1cccc2c1C(=O)c1c(O)c3c(c(O)c1C2=O)C[C@@](O)(C(C)=O)C[C@@H]3OC1CC(NS(=O)[O-])C(O)C(C)O1. The molecular formula is C27H28NO12S-. The summed E-state index contributed by atoms with van der Waals surface area (Å²) in [6.07, 6.45) is -5.80. The molecule has 5 N–H and O–H groups in total. The number of aromatic hydroxyl groups is 2. The van der Waals surface area contributed by atoms with Crippen molar-refractivity contribution >= 4 is 28.6 Å². The minimum Gasteiger partial charge on any atom is -0.760 e. The first-order valence-electron chi connectivity index (χ1n) is 12.7. The third-order valence-electron chi connectivity index (χ3n) is 8.00. The van der Waals surface area contributed by atoms with Crippen molar-refractivity contribution in [3.8, 4) is 17.2 Å². The van der Waals surface area contributed by atoms with Crippen molar-refractivity contribution in [3.05, 3.63) is 51.6 Å². The van der Waals surface area contributed by atoms with Crippen LogP contribution in [-0.2, 0) is 32.0 Å².